The van der Waals surface area contributed by atoms with Gasteiger partial charge in [0.15, 0.2) is 0 Å². The van der Waals surface area contributed by atoms with Crippen molar-refractivity contribution in [2.75, 3.05) is 0 Å². The van der Waals surface area contributed by atoms with Crippen molar-refractivity contribution in [3.8, 4) is 0 Å². The molecule has 1 rings (SSSR count). The smallest absolute Gasteiger partial charge is 0.0696 e. The van der Waals surface area contributed by atoms with Crippen molar-refractivity contribution in [1.82, 2.24) is 4.98 Å². The summed E-state index contributed by atoms with van der Waals surface area (Å²) in [5.41, 5.74) is 0.854. The van der Waals surface area contributed by atoms with Gasteiger partial charge in [-0.05, 0) is 11.6 Å². The summed E-state index contributed by atoms with van der Waals surface area (Å²) in [7, 11) is 0. The maximum Gasteiger partial charge on any atom is 0.0696 e. The highest BCUT2D eigenvalue weighted by Crippen LogP contribution is 1.92. The summed E-state index contributed by atoms with van der Waals surface area (Å²) in [5, 5.41) is 8.50. The van der Waals surface area contributed by atoms with Crippen LogP contribution < -0.4 is 0 Å². The van der Waals surface area contributed by atoms with Gasteiger partial charge in [-0.3, -0.25) is 9.69 Å². The number of halogens is 1. The SMILES string of the molecule is F.OCc1cccnc1. The van der Waals surface area contributed by atoms with Gasteiger partial charge < -0.3 is 5.11 Å². The summed E-state index contributed by atoms with van der Waals surface area (Å²) < 4.78 is 0. The van der Waals surface area contributed by atoms with Crippen LogP contribution in [0.2, 0.25) is 0 Å². The van der Waals surface area contributed by atoms with Crippen molar-refractivity contribution in [1.29, 1.82) is 0 Å². The van der Waals surface area contributed by atoms with E-state index < -0.39 is 0 Å². The van der Waals surface area contributed by atoms with Crippen molar-refractivity contribution in [3.63, 3.8) is 0 Å². The molecule has 0 radical (unpaired) electrons. The fourth-order valence-corrected chi connectivity index (χ4v) is 0.492. The summed E-state index contributed by atoms with van der Waals surface area (Å²) in [6, 6.07) is 3.62. The lowest BCUT2D eigenvalue weighted by Gasteiger charge is -1.88. The number of rotatable bonds is 1. The second-order valence-corrected chi connectivity index (χ2v) is 1.52. The normalized spacial score (nSPS) is 8.11. The highest BCUT2D eigenvalue weighted by molar-refractivity contribution is 5.06. The summed E-state index contributed by atoms with van der Waals surface area (Å²) in [6.07, 6.45) is 3.32. The molecule has 50 valence electrons. The van der Waals surface area contributed by atoms with Gasteiger partial charge in [0.1, 0.15) is 0 Å². The van der Waals surface area contributed by atoms with E-state index >= 15 is 0 Å². The standard InChI is InChI=1S/C6H7NO.FH/c8-5-6-2-1-3-7-4-6;/h1-4,8H,5H2;1H. The highest BCUT2D eigenvalue weighted by Gasteiger charge is 1.82. The number of nitrogens with zero attached hydrogens (tertiary/aromatic N) is 1. The second-order valence-electron chi connectivity index (χ2n) is 1.52. The van der Waals surface area contributed by atoms with Crippen LogP contribution in [0.3, 0.4) is 0 Å². The van der Waals surface area contributed by atoms with Crippen LogP contribution in [0, 0.1) is 0 Å². The maximum absolute atomic E-state index is 8.50. The molecule has 1 N–H and O–H groups in total. The quantitative estimate of drug-likeness (QED) is 0.606. The third kappa shape index (κ3) is 2.19. The Balaban J connectivity index is 0.000000640. The third-order valence-electron chi connectivity index (χ3n) is 0.905. The van der Waals surface area contributed by atoms with E-state index in [1.807, 2.05) is 6.07 Å². The molecule has 0 aliphatic rings. The zero-order chi connectivity index (χ0) is 5.82. The molecule has 9 heavy (non-hydrogen) atoms. The van der Waals surface area contributed by atoms with Crippen LogP contribution in [0.25, 0.3) is 0 Å². The Morgan fingerprint density at radius 2 is 2.33 bits per heavy atom. The van der Waals surface area contributed by atoms with Crippen LogP contribution in [-0.2, 0) is 6.61 Å². The minimum Gasteiger partial charge on any atom is -0.392 e. The molecular formula is C6H8FNO. The van der Waals surface area contributed by atoms with Gasteiger partial charge in [-0.1, -0.05) is 6.07 Å². The lowest BCUT2D eigenvalue weighted by atomic mass is 10.3. The van der Waals surface area contributed by atoms with Gasteiger partial charge in [0.2, 0.25) is 0 Å². The Morgan fingerprint density at radius 3 is 2.67 bits per heavy atom. The predicted molar refractivity (Wildman–Crippen MR) is 32.7 cm³/mol. The van der Waals surface area contributed by atoms with Gasteiger partial charge in [0.25, 0.3) is 0 Å². The molecule has 0 fully saturated rings. The molecule has 1 heterocycles. The first-order valence-corrected chi connectivity index (χ1v) is 2.43. The Labute approximate surface area is 52.5 Å². The largest absolute Gasteiger partial charge is 0.392 e. The van der Waals surface area contributed by atoms with Crippen LogP contribution >= 0.6 is 0 Å². The minimum absolute atomic E-state index is 0. The van der Waals surface area contributed by atoms with E-state index in [0.717, 1.165) is 5.56 Å². The van der Waals surface area contributed by atoms with Crippen LogP contribution in [-0.4, -0.2) is 10.1 Å². The van der Waals surface area contributed by atoms with E-state index in [9.17, 15) is 0 Å². The zero-order valence-electron chi connectivity index (χ0n) is 4.82. The molecule has 0 unspecified atom stereocenters. The first-order valence-electron chi connectivity index (χ1n) is 2.43. The zero-order valence-corrected chi connectivity index (χ0v) is 4.82. The van der Waals surface area contributed by atoms with Crippen molar-refractivity contribution >= 4 is 0 Å². The van der Waals surface area contributed by atoms with Crippen molar-refractivity contribution in [2.45, 2.75) is 6.61 Å². The summed E-state index contributed by atoms with van der Waals surface area (Å²) in [5.74, 6) is 0. The molecule has 2 nitrogen and oxygen atoms in total. The van der Waals surface area contributed by atoms with Crippen LogP contribution in [0.15, 0.2) is 24.5 Å². The molecule has 0 atom stereocenters. The second kappa shape index (κ2) is 3.97. The average molecular weight is 129 g/mol. The molecule has 0 amide bonds. The predicted octanol–water partition coefficient (Wildman–Crippen LogP) is 0.726. The lowest BCUT2D eigenvalue weighted by molar-refractivity contribution is 0.281. The number of hydrogen-bond donors (Lipinski definition) is 1. The molecule has 0 bridgehead atoms. The molecule has 3 heteroatoms. The van der Waals surface area contributed by atoms with Gasteiger partial charge >= 0.3 is 0 Å². The monoisotopic (exact) mass is 129 g/mol. The van der Waals surface area contributed by atoms with Crippen LogP contribution in [0.1, 0.15) is 5.56 Å². The van der Waals surface area contributed by atoms with E-state index in [4.69, 9.17) is 5.11 Å². The van der Waals surface area contributed by atoms with Crippen LogP contribution in [0.5, 0.6) is 0 Å². The average Bonchev–Trinajstić information content (AvgIpc) is 1.90. The molecule has 0 aromatic carbocycles. The van der Waals surface area contributed by atoms with Crippen molar-refractivity contribution in [2.24, 2.45) is 0 Å². The molecule has 0 saturated heterocycles. The molecule has 1 aromatic heterocycles. The number of aliphatic hydroxyl groups is 1. The van der Waals surface area contributed by atoms with E-state index in [2.05, 4.69) is 4.98 Å². The van der Waals surface area contributed by atoms with E-state index in [1.54, 1.807) is 18.5 Å². The Morgan fingerprint density at radius 1 is 1.56 bits per heavy atom. The van der Waals surface area contributed by atoms with E-state index in [-0.39, 0.29) is 11.3 Å². The summed E-state index contributed by atoms with van der Waals surface area (Å²) in [4.78, 5) is 3.80. The Hall–Kier alpha value is -0.960. The van der Waals surface area contributed by atoms with Gasteiger partial charge in [0.05, 0.1) is 6.61 Å². The highest BCUT2D eigenvalue weighted by atomic mass is 19.0. The topological polar surface area (TPSA) is 33.1 Å². The van der Waals surface area contributed by atoms with Gasteiger partial charge in [-0.2, -0.15) is 0 Å². The van der Waals surface area contributed by atoms with Gasteiger partial charge in [-0.15, -0.1) is 0 Å². The molecule has 0 aliphatic heterocycles. The fourth-order valence-electron chi connectivity index (χ4n) is 0.492. The van der Waals surface area contributed by atoms with Gasteiger partial charge in [0, 0.05) is 12.4 Å². The number of aliphatic hydroxyl groups excluding tert-OH is 1. The Kier molecular flexibility index (Phi) is 3.55. The van der Waals surface area contributed by atoms with Crippen LogP contribution in [0.4, 0.5) is 4.70 Å². The Bertz CT molecular complexity index is 154. The minimum atomic E-state index is 0. The van der Waals surface area contributed by atoms with Crippen molar-refractivity contribution < 1.29 is 9.81 Å². The molecule has 1 aromatic rings. The number of pyridine rings is 1. The maximum atomic E-state index is 8.50. The number of aromatic nitrogens is 1. The first kappa shape index (κ1) is 8.04. The van der Waals surface area contributed by atoms with Gasteiger partial charge in [-0.25, -0.2) is 0 Å². The van der Waals surface area contributed by atoms with Crippen molar-refractivity contribution in [3.05, 3.63) is 30.1 Å². The number of hydrogen-bond acceptors (Lipinski definition) is 2. The molecule has 0 saturated carbocycles. The van der Waals surface area contributed by atoms with E-state index in [0.29, 0.717) is 0 Å². The first-order chi connectivity index (χ1) is 3.93. The summed E-state index contributed by atoms with van der Waals surface area (Å²) in [6.45, 7) is 0.0772. The third-order valence-corrected chi connectivity index (χ3v) is 0.905. The lowest BCUT2D eigenvalue weighted by Crippen LogP contribution is -1.80. The fraction of sp³-hybridized carbons (Fsp3) is 0.167. The molecular weight excluding hydrogens is 121 g/mol. The summed E-state index contributed by atoms with van der Waals surface area (Å²) >= 11 is 0. The van der Waals surface area contributed by atoms with E-state index in [1.165, 1.54) is 0 Å². The molecule has 0 aliphatic carbocycles. The molecule has 0 spiro atoms.